The summed E-state index contributed by atoms with van der Waals surface area (Å²) < 4.78 is 5.62. The largest absolute Gasteiger partial charge is 0.449 e. The molecule has 0 bridgehead atoms. The fourth-order valence-electron chi connectivity index (χ4n) is 6.04. The van der Waals surface area contributed by atoms with E-state index in [1.807, 2.05) is 19.1 Å². The van der Waals surface area contributed by atoms with Crippen LogP contribution in [-0.4, -0.2) is 53.4 Å². The maximum absolute atomic E-state index is 13.3. The highest BCUT2D eigenvalue weighted by Crippen LogP contribution is 2.30. The summed E-state index contributed by atoms with van der Waals surface area (Å²) in [7, 11) is 0. The minimum Gasteiger partial charge on any atom is -0.449 e. The number of nitrogens with one attached hydrogen (secondary N) is 2. The molecule has 2 aliphatic rings. The second-order valence-corrected chi connectivity index (χ2v) is 11.8. The van der Waals surface area contributed by atoms with Crippen molar-refractivity contribution in [1.82, 2.24) is 15.2 Å². The molecule has 2 atom stereocenters. The van der Waals surface area contributed by atoms with Crippen LogP contribution in [0.1, 0.15) is 76.3 Å². The van der Waals surface area contributed by atoms with Crippen LogP contribution in [0.15, 0.2) is 29.2 Å². The van der Waals surface area contributed by atoms with Gasteiger partial charge in [-0.2, -0.15) is 0 Å². The number of pyridine rings is 1. The number of carbonyl (C=O) groups is 3. The molecule has 2 N–H and O–H groups in total. The van der Waals surface area contributed by atoms with Crippen molar-refractivity contribution in [2.24, 2.45) is 11.3 Å². The molecule has 1 saturated heterocycles. The number of rotatable bonds is 10. The molecule has 0 radical (unpaired) electrons. The van der Waals surface area contributed by atoms with E-state index < -0.39 is 18.2 Å². The van der Waals surface area contributed by atoms with Gasteiger partial charge in [0.25, 0.3) is 5.56 Å². The van der Waals surface area contributed by atoms with E-state index in [1.54, 1.807) is 11.1 Å². The summed E-state index contributed by atoms with van der Waals surface area (Å²) >= 11 is 0. The minimum atomic E-state index is -0.645. The van der Waals surface area contributed by atoms with Gasteiger partial charge >= 0.3 is 6.09 Å². The Morgan fingerprint density at radius 1 is 1.18 bits per heavy atom. The smallest absolute Gasteiger partial charge is 0.407 e. The number of likely N-dealkylation sites (tertiary alicyclic amines) is 1. The van der Waals surface area contributed by atoms with Crippen molar-refractivity contribution in [1.29, 1.82) is 0 Å². The Hall–Kier alpha value is -3.16. The first-order valence-corrected chi connectivity index (χ1v) is 14.0. The number of nitrogens with zero attached hydrogens (tertiary/aromatic N) is 1. The molecule has 2 aromatic rings. The second-order valence-electron chi connectivity index (χ2n) is 11.8. The van der Waals surface area contributed by atoms with Gasteiger partial charge in [-0.25, -0.2) is 4.79 Å². The van der Waals surface area contributed by atoms with Crippen molar-refractivity contribution < 1.29 is 19.1 Å². The summed E-state index contributed by atoms with van der Waals surface area (Å²) in [6, 6.07) is 4.99. The molecule has 1 aromatic heterocycles. The van der Waals surface area contributed by atoms with Crippen molar-refractivity contribution in [3.8, 4) is 0 Å². The van der Waals surface area contributed by atoms with Crippen LogP contribution in [0.25, 0.3) is 10.8 Å². The Labute approximate surface area is 224 Å². The Kier molecular flexibility index (Phi) is 8.90. The third-order valence-corrected chi connectivity index (χ3v) is 8.22. The number of aryl methyl sites for hydroxylation is 2. The number of amides is 2. The topological polar surface area (TPSA) is 109 Å². The maximum Gasteiger partial charge on any atom is 0.407 e. The SMILES string of the molecule is Cc1cc(CCCC(C)(C)COC(=O)NC(C(=O)N2CCCC2C=O)C2CCCC2)cc2c(=O)[nH]ccc12. The Morgan fingerprint density at radius 3 is 2.68 bits per heavy atom. The first-order valence-electron chi connectivity index (χ1n) is 14.0. The molecule has 2 amide bonds. The number of benzene rings is 1. The number of ether oxygens (including phenoxy) is 1. The molecule has 2 unspecified atom stereocenters. The number of hydrogen-bond acceptors (Lipinski definition) is 5. The quantitative estimate of drug-likeness (QED) is 0.440. The molecular weight excluding hydrogens is 482 g/mol. The van der Waals surface area contributed by atoms with Gasteiger partial charge in [-0.05, 0) is 91.8 Å². The zero-order chi connectivity index (χ0) is 27.3. The highest BCUT2D eigenvalue weighted by molar-refractivity contribution is 5.88. The van der Waals surface area contributed by atoms with E-state index in [-0.39, 0.29) is 29.4 Å². The lowest BCUT2D eigenvalue weighted by atomic mass is 9.87. The van der Waals surface area contributed by atoms with Crippen LogP contribution in [-0.2, 0) is 20.7 Å². The number of H-pyrrole nitrogens is 1. The van der Waals surface area contributed by atoms with E-state index >= 15 is 0 Å². The summed E-state index contributed by atoms with van der Waals surface area (Å²) in [5.41, 5.74) is 1.88. The molecule has 1 aromatic carbocycles. The lowest BCUT2D eigenvalue weighted by molar-refractivity contribution is -0.137. The number of fused-ring (bicyclic) bond motifs is 1. The summed E-state index contributed by atoms with van der Waals surface area (Å²) in [6.45, 7) is 6.94. The number of carbonyl (C=O) groups excluding carboxylic acids is 3. The van der Waals surface area contributed by atoms with Gasteiger partial charge in [-0.15, -0.1) is 0 Å². The van der Waals surface area contributed by atoms with Crippen molar-refractivity contribution in [2.75, 3.05) is 13.2 Å². The van der Waals surface area contributed by atoms with Crippen molar-refractivity contribution in [3.63, 3.8) is 0 Å². The van der Waals surface area contributed by atoms with Gasteiger partial charge in [-0.1, -0.05) is 32.8 Å². The lowest BCUT2D eigenvalue weighted by Gasteiger charge is -2.30. The average molecular weight is 524 g/mol. The van der Waals surface area contributed by atoms with Gasteiger partial charge in [0.1, 0.15) is 12.3 Å². The predicted octanol–water partition coefficient (Wildman–Crippen LogP) is 4.66. The number of hydrogen-bond donors (Lipinski definition) is 2. The van der Waals surface area contributed by atoms with E-state index in [9.17, 15) is 19.2 Å². The summed E-state index contributed by atoms with van der Waals surface area (Å²) in [6.07, 6.45) is 9.85. The molecule has 2 heterocycles. The zero-order valence-electron chi connectivity index (χ0n) is 22.9. The van der Waals surface area contributed by atoms with Crippen LogP contribution >= 0.6 is 0 Å². The molecule has 206 valence electrons. The fourth-order valence-corrected chi connectivity index (χ4v) is 6.04. The van der Waals surface area contributed by atoms with Crippen LogP contribution < -0.4 is 10.9 Å². The van der Waals surface area contributed by atoms with Crippen LogP contribution in [0.2, 0.25) is 0 Å². The van der Waals surface area contributed by atoms with Crippen molar-refractivity contribution >= 4 is 29.1 Å². The average Bonchev–Trinajstić information content (AvgIpc) is 3.59. The molecule has 1 saturated carbocycles. The summed E-state index contributed by atoms with van der Waals surface area (Å²) in [5.74, 6) is -0.0826. The molecule has 8 heteroatoms. The van der Waals surface area contributed by atoms with Gasteiger partial charge in [0.2, 0.25) is 5.91 Å². The third kappa shape index (κ3) is 6.63. The maximum atomic E-state index is 13.3. The van der Waals surface area contributed by atoms with Gasteiger partial charge in [0, 0.05) is 18.1 Å². The van der Waals surface area contributed by atoms with Crippen LogP contribution in [0.3, 0.4) is 0 Å². The van der Waals surface area contributed by atoms with E-state index in [4.69, 9.17) is 4.74 Å². The highest BCUT2D eigenvalue weighted by atomic mass is 16.5. The molecule has 4 rings (SSSR count). The number of alkyl carbamates (subject to hydrolysis) is 1. The molecular formula is C30H41N3O5. The highest BCUT2D eigenvalue weighted by Gasteiger charge is 2.39. The number of aromatic amines is 1. The Morgan fingerprint density at radius 2 is 1.95 bits per heavy atom. The monoisotopic (exact) mass is 523 g/mol. The zero-order valence-corrected chi connectivity index (χ0v) is 22.9. The normalized spacial score (nSPS) is 19.0. The van der Waals surface area contributed by atoms with Crippen molar-refractivity contribution in [2.45, 2.75) is 90.6 Å². The predicted molar refractivity (Wildman–Crippen MR) is 147 cm³/mol. The molecule has 38 heavy (non-hydrogen) atoms. The first-order chi connectivity index (χ1) is 18.2. The van der Waals surface area contributed by atoms with Gasteiger partial charge in [-0.3, -0.25) is 9.59 Å². The molecule has 0 spiro atoms. The summed E-state index contributed by atoms with van der Waals surface area (Å²) in [4.78, 5) is 54.2. The fraction of sp³-hybridized carbons (Fsp3) is 0.600. The van der Waals surface area contributed by atoms with Crippen LogP contribution in [0, 0.1) is 18.3 Å². The van der Waals surface area contributed by atoms with Gasteiger partial charge in [0.05, 0.1) is 12.6 Å². The first kappa shape index (κ1) is 27.9. The lowest BCUT2D eigenvalue weighted by Crippen LogP contribution is -2.53. The number of aldehydes is 1. The summed E-state index contributed by atoms with van der Waals surface area (Å²) in [5, 5.41) is 4.54. The van der Waals surface area contributed by atoms with E-state index in [2.05, 4.69) is 30.2 Å². The Bertz CT molecular complexity index is 1210. The Balaban J connectivity index is 1.30. The van der Waals surface area contributed by atoms with Crippen molar-refractivity contribution in [3.05, 3.63) is 45.9 Å². The molecule has 1 aliphatic carbocycles. The second kappa shape index (κ2) is 12.1. The molecule has 2 fully saturated rings. The van der Waals surface area contributed by atoms with Crippen LogP contribution in [0.5, 0.6) is 0 Å². The standard InChI is InChI=1S/C30H41N3O5/c1-20-16-21(17-25-24(20)12-14-31-27(25)35)8-6-13-30(2,3)19-38-29(37)32-26(22-9-4-5-10-22)28(36)33-15-7-11-23(33)18-34/h12,14,16-18,22-23,26H,4-11,13,15,19H2,1-3H3,(H,31,35)(H,32,37). The molecule has 1 aliphatic heterocycles. The number of aromatic nitrogens is 1. The van der Waals surface area contributed by atoms with Gasteiger partial charge < -0.3 is 24.7 Å². The van der Waals surface area contributed by atoms with E-state index in [0.717, 1.165) is 74.2 Å². The third-order valence-electron chi connectivity index (χ3n) is 8.22. The van der Waals surface area contributed by atoms with E-state index in [1.165, 1.54) is 0 Å². The van der Waals surface area contributed by atoms with Gasteiger partial charge in [0.15, 0.2) is 0 Å². The molecule has 8 nitrogen and oxygen atoms in total. The minimum absolute atomic E-state index is 0.0759. The van der Waals surface area contributed by atoms with E-state index in [0.29, 0.717) is 18.4 Å². The van der Waals surface area contributed by atoms with Crippen LogP contribution in [0.4, 0.5) is 4.79 Å².